The number of carbonyl (C=O) groups excluding carboxylic acids is 2. The Morgan fingerprint density at radius 3 is 2.79 bits per heavy atom. The predicted octanol–water partition coefficient (Wildman–Crippen LogP) is 3.12. The van der Waals surface area contributed by atoms with Gasteiger partial charge < -0.3 is 10.1 Å². The fraction of sp³-hybridized carbons (Fsp3) is 0.154. The number of esters is 1. The van der Waals surface area contributed by atoms with Crippen molar-refractivity contribution in [1.82, 2.24) is 14.6 Å². The summed E-state index contributed by atoms with van der Waals surface area (Å²) in [6, 6.07) is 0.803. The number of ether oxygens (including phenoxy) is 1. The molecule has 0 aromatic carbocycles. The molecule has 24 heavy (non-hydrogen) atoms. The maximum Gasteiger partial charge on any atom is 0.343 e. The first kappa shape index (κ1) is 18.2. The number of rotatable bonds is 6. The molecular weight excluding hydrogens is 382 g/mol. The molecule has 0 aliphatic rings. The smallest absolute Gasteiger partial charge is 0.343 e. The lowest BCUT2D eigenvalue weighted by atomic mass is 10.1. The zero-order valence-electron chi connectivity index (χ0n) is 12.0. The van der Waals surface area contributed by atoms with E-state index < -0.39 is 28.3 Å². The fourth-order valence-corrected chi connectivity index (χ4v) is 2.35. The second-order valence-corrected chi connectivity index (χ2v) is 5.47. The van der Waals surface area contributed by atoms with Crippen molar-refractivity contribution in [2.24, 2.45) is 0 Å². The molecule has 2 aromatic rings. The summed E-state index contributed by atoms with van der Waals surface area (Å²) in [5.74, 6) is -2.41. The number of halogens is 3. The topological polar surface area (TPSA) is 94.1 Å². The molecule has 0 saturated heterocycles. The average molecular weight is 391 g/mol. The van der Waals surface area contributed by atoms with Gasteiger partial charge in [0, 0.05) is 6.20 Å². The molecule has 2 aromatic heterocycles. The lowest BCUT2D eigenvalue weighted by Crippen LogP contribution is -2.18. The molecule has 2 heterocycles. The normalized spacial score (nSPS) is 11.2. The van der Waals surface area contributed by atoms with Crippen LogP contribution in [0.3, 0.4) is 0 Å². The first-order valence-electron chi connectivity index (χ1n) is 6.41. The predicted molar refractivity (Wildman–Crippen MR) is 86.8 cm³/mol. The standard InChI is InChI=1S/C13H9Cl2FN4O3S/c1-2-23-13(22)7(4-17-9-5-24-20-19-9)10(21)6-3-8(16)12(15)18-11(6)14/h3-5,17H,2H2,1H3. The van der Waals surface area contributed by atoms with Crippen molar-refractivity contribution in [1.29, 1.82) is 0 Å². The van der Waals surface area contributed by atoms with Gasteiger partial charge in [0.25, 0.3) is 0 Å². The summed E-state index contributed by atoms with van der Waals surface area (Å²) in [7, 11) is 0. The van der Waals surface area contributed by atoms with E-state index >= 15 is 0 Å². The second kappa shape index (κ2) is 8.13. The number of pyridine rings is 1. The van der Waals surface area contributed by atoms with E-state index in [0.717, 1.165) is 23.8 Å². The molecule has 0 saturated carbocycles. The Morgan fingerprint density at radius 2 is 2.17 bits per heavy atom. The van der Waals surface area contributed by atoms with E-state index in [1.807, 2.05) is 0 Å². The van der Waals surface area contributed by atoms with Crippen LogP contribution in [-0.4, -0.2) is 32.9 Å². The minimum absolute atomic E-state index is 0.0443. The van der Waals surface area contributed by atoms with Gasteiger partial charge in [0.05, 0.1) is 17.6 Å². The highest BCUT2D eigenvalue weighted by Gasteiger charge is 2.25. The minimum Gasteiger partial charge on any atom is -0.462 e. The molecule has 0 radical (unpaired) electrons. The van der Waals surface area contributed by atoms with E-state index in [9.17, 15) is 14.0 Å². The van der Waals surface area contributed by atoms with Crippen LogP contribution in [0.1, 0.15) is 17.3 Å². The van der Waals surface area contributed by atoms with Crippen molar-refractivity contribution >= 4 is 52.3 Å². The van der Waals surface area contributed by atoms with E-state index in [1.165, 1.54) is 0 Å². The van der Waals surface area contributed by atoms with E-state index in [2.05, 4.69) is 19.9 Å². The largest absolute Gasteiger partial charge is 0.462 e. The SMILES string of the molecule is CCOC(=O)C(=CNc1csnn1)C(=O)c1cc(F)c(Cl)nc1Cl. The Hall–Kier alpha value is -2.10. The fourth-order valence-electron chi connectivity index (χ4n) is 1.55. The minimum atomic E-state index is -0.940. The van der Waals surface area contributed by atoms with Gasteiger partial charge in [-0.15, -0.1) is 5.10 Å². The van der Waals surface area contributed by atoms with Crippen molar-refractivity contribution in [3.8, 4) is 0 Å². The highest BCUT2D eigenvalue weighted by atomic mass is 35.5. The van der Waals surface area contributed by atoms with Crippen molar-refractivity contribution in [2.75, 3.05) is 11.9 Å². The van der Waals surface area contributed by atoms with Crippen LogP contribution < -0.4 is 5.32 Å². The summed E-state index contributed by atoms with van der Waals surface area (Å²) in [4.78, 5) is 28.0. The Labute approximate surface area is 149 Å². The third-order valence-electron chi connectivity index (χ3n) is 2.60. The van der Waals surface area contributed by atoms with Gasteiger partial charge in [-0.2, -0.15) is 0 Å². The van der Waals surface area contributed by atoms with E-state index in [1.54, 1.807) is 12.3 Å². The molecule has 1 N–H and O–H groups in total. The molecule has 0 aliphatic carbocycles. The number of aromatic nitrogens is 3. The van der Waals surface area contributed by atoms with Crippen LogP contribution in [-0.2, 0) is 9.53 Å². The van der Waals surface area contributed by atoms with E-state index in [4.69, 9.17) is 27.9 Å². The molecule has 0 aliphatic heterocycles. The van der Waals surface area contributed by atoms with Gasteiger partial charge in [0.1, 0.15) is 10.7 Å². The summed E-state index contributed by atoms with van der Waals surface area (Å²) >= 11 is 12.4. The molecule has 0 fully saturated rings. The monoisotopic (exact) mass is 390 g/mol. The molecule has 126 valence electrons. The van der Waals surface area contributed by atoms with Crippen LogP contribution in [0, 0.1) is 5.82 Å². The van der Waals surface area contributed by atoms with Crippen molar-refractivity contribution < 1.29 is 18.7 Å². The van der Waals surface area contributed by atoms with Crippen molar-refractivity contribution in [3.63, 3.8) is 0 Å². The number of hydrogen-bond donors (Lipinski definition) is 1. The molecule has 2 rings (SSSR count). The summed E-state index contributed by atoms with van der Waals surface area (Å²) < 4.78 is 22.0. The van der Waals surface area contributed by atoms with Crippen molar-refractivity contribution in [3.05, 3.63) is 44.9 Å². The van der Waals surface area contributed by atoms with Gasteiger partial charge in [-0.1, -0.05) is 27.7 Å². The van der Waals surface area contributed by atoms with Crippen LogP contribution in [0.2, 0.25) is 10.3 Å². The summed E-state index contributed by atoms with van der Waals surface area (Å²) in [5.41, 5.74) is -0.730. The third kappa shape index (κ3) is 4.25. The molecule has 0 bridgehead atoms. The number of carbonyl (C=O) groups is 2. The van der Waals surface area contributed by atoms with Gasteiger partial charge in [-0.3, -0.25) is 4.79 Å². The molecule has 0 amide bonds. The van der Waals surface area contributed by atoms with Crippen LogP contribution in [0.4, 0.5) is 10.2 Å². The lowest BCUT2D eigenvalue weighted by molar-refractivity contribution is -0.138. The second-order valence-electron chi connectivity index (χ2n) is 4.14. The van der Waals surface area contributed by atoms with Crippen LogP contribution in [0.15, 0.2) is 23.2 Å². The highest BCUT2D eigenvalue weighted by Crippen LogP contribution is 2.23. The number of anilines is 1. The van der Waals surface area contributed by atoms with E-state index in [0.29, 0.717) is 5.82 Å². The zero-order valence-corrected chi connectivity index (χ0v) is 14.4. The first-order valence-corrected chi connectivity index (χ1v) is 8.00. The number of Topliss-reactive ketones (excluding diaryl/α,β-unsaturated/α-hetero) is 1. The molecular formula is C13H9Cl2FN4O3S. The van der Waals surface area contributed by atoms with Gasteiger partial charge in [-0.25, -0.2) is 14.2 Å². The summed E-state index contributed by atoms with van der Waals surface area (Å²) in [5, 5.41) is 7.07. The maximum absolute atomic E-state index is 13.6. The summed E-state index contributed by atoms with van der Waals surface area (Å²) in [6.07, 6.45) is 1.08. The quantitative estimate of drug-likeness (QED) is 0.202. The number of ketones is 1. The Kier molecular flexibility index (Phi) is 6.18. The molecule has 0 spiro atoms. The Bertz CT molecular complexity index is 799. The van der Waals surface area contributed by atoms with Gasteiger partial charge in [0.2, 0.25) is 5.78 Å². The van der Waals surface area contributed by atoms with Crippen LogP contribution in [0.5, 0.6) is 0 Å². The van der Waals surface area contributed by atoms with Gasteiger partial charge in [-0.05, 0) is 24.5 Å². The summed E-state index contributed by atoms with van der Waals surface area (Å²) in [6.45, 7) is 1.62. The number of nitrogens with zero attached hydrogens (tertiary/aromatic N) is 3. The highest BCUT2D eigenvalue weighted by molar-refractivity contribution is 7.03. The molecule has 0 atom stereocenters. The Balaban J connectivity index is 2.39. The van der Waals surface area contributed by atoms with Crippen molar-refractivity contribution in [2.45, 2.75) is 6.92 Å². The average Bonchev–Trinajstić information content (AvgIpc) is 3.04. The third-order valence-corrected chi connectivity index (χ3v) is 3.65. The molecule has 0 unspecified atom stereocenters. The number of hydrogen-bond acceptors (Lipinski definition) is 8. The number of nitrogens with one attached hydrogen (secondary N) is 1. The van der Waals surface area contributed by atoms with Crippen LogP contribution >= 0.6 is 34.7 Å². The van der Waals surface area contributed by atoms with Crippen LogP contribution in [0.25, 0.3) is 0 Å². The lowest BCUT2D eigenvalue weighted by Gasteiger charge is -2.08. The van der Waals surface area contributed by atoms with Gasteiger partial charge in [0.15, 0.2) is 16.8 Å². The first-order chi connectivity index (χ1) is 11.4. The van der Waals surface area contributed by atoms with E-state index in [-0.39, 0.29) is 17.3 Å². The van der Waals surface area contributed by atoms with Gasteiger partial charge >= 0.3 is 5.97 Å². The molecule has 7 nitrogen and oxygen atoms in total. The maximum atomic E-state index is 13.6. The molecule has 11 heteroatoms. The zero-order chi connectivity index (χ0) is 17.7. The Morgan fingerprint density at radius 1 is 1.42 bits per heavy atom.